The summed E-state index contributed by atoms with van der Waals surface area (Å²) in [4.78, 5) is 0. The fourth-order valence-corrected chi connectivity index (χ4v) is 1.10. The molecule has 0 atom stereocenters. The van der Waals surface area contributed by atoms with Gasteiger partial charge in [-0.1, -0.05) is 0 Å². The number of nitrogens with zero attached hydrogens (tertiary/aromatic N) is 1. The smallest absolute Gasteiger partial charge is 0.263 e. The molecule has 0 fully saturated rings. The van der Waals surface area contributed by atoms with Crippen LogP contribution in [0.1, 0.15) is 6.92 Å². The molecule has 2 heteroatoms. The fourth-order valence-electron chi connectivity index (χ4n) is 0.365. The second kappa shape index (κ2) is 2.64. The Labute approximate surface area is 54.6 Å². The second-order valence-corrected chi connectivity index (χ2v) is 6.77. The molecule has 0 amide bonds. The highest BCUT2D eigenvalue weighted by atomic mass is 28.3. The predicted octanol–water partition coefficient (Wildman–Crippen LogP) is 1.07. The summed E-state index contributed by atoms with van der Waals surface area (Å²) in [6.45, 7) is 8.32. The van der Waals surface area contributed by atoms with Crippen molar-refractivity contribution in [2.75, 3.05) is 20.6 Å². The first-order chi connectivity index (χ1) is 3.50. The van der Waals surface area contributed by atoms with Gasteiger partial charge in [-0.05, 0) is 20.0 Å². The van der Waals surface area contributed by atoms with E-state index in [2.05, 4.69) is 34.1 Å². The first-order valence-corrected chi connectivity index (χ1v) is 6.16. The highest BCUT2D eigenvalue weighted by Crippen LogP contribution is 1.99. The van der Waals surface area contributed by atoms with Crippen LogP contribution in [0.2, 0.25) is 13.1 Å². The molecule has 0 saturated carbocycles. The maximum atomic E-state index is 2.39. The molecular formula is C6H18NSi+. The normalized spacial score (nSPS) is 12.8. The van der Waals surface area contributed by atoms with Crippen LogP contribution in [0, 0.1) is 0 Å². The molecule has 0 saturated heterocycles. The van der Waals surface area contributed by atoms with E-state index in [-0.39, 0.29) is 0 Å². The molecule has 0 bridgehead atoms. The van der Waals surface area contributed by atoms with Gasteiger partial charge in [0, 0.05) is 0 Å². The minimum atomic E-state index is -0.442. The zero-order valence-corrected chi connectivity index (χ0v) is 7.89. The third kappa shape index (κ3) is 1.97. The molecule has 0 aliphatic carbocycles. The maximum Gasteiger partial charge on any atom is 0.263 e. The average Bonchev–Trinajstić information content (AvgIpc) is 1.67. The van der Waals surface area contributed by atoms with Crippen LogP contribution in [0.5, 0.6) is 0 Å². The molecule has 0 aromatic heterocycles. The molecule has 0 heterocycles. The fraction of sp³-hybridized carbons (Fsp3) is 1.00. The van der Waals surface area contributed by atoms with Gasteiger partial charge in [0.25, 0.3) is 8.96 Å². The Bertz CT molecular complexity index is 68.9. The molecule has 0 aromatic rings. The van der Waals surface area contributed by atoms with Crippen molar-refractivity contribution in [3.63, 3.8) is 0 Å². The van der Waals surface area contributed by atoms with Crippen molar-refractivity contribution in [2.24, 2.45) is 0 Å². The Hall–Kier alpha value is 0.177. The molecule has 0 radical (unpaired) electrons. The van der Waals surface area contributed by atoms with E-state index in [1.54, 1.807) is 0 Å². The van der Waals surface area contributed by atoms with Gasteiger partial charge in [0.05, 0.1) is 20.6 Å². The molecule has 0 spiro atoms. The van der Waals surface area contributed by atoms with Gasteiger partial charge in [-0.15, -0.1) is 0 Å². The van der Waals surface area contributed by atoms with Crippen molar-refractivity contribution in [1.29, 1.82) is 0 Å². The Morgan fingerprint density at radius 1 is 1.25 bits per heavy atom. The molecule has 0 rings (SSSR count). The summed E-state index contributed by atoms with van der Waals surface area (Å²) in [6.07, 6.45) is 0. The molecule has 8 heavy (non-hydrogen) atoms. The van der Waals surface area contributed by atoms with Crippen molar-refractivity contribution in [1.82, 2.24) is 0 Å². The largest absolute Gasteiger partial charge is 0.391 e. The van der Waals surface area contributed by atoms with E-state index in [0.717, 1.165) is 0 Å². The standard InChI is InChI=1S/C6H18NSi/c1-6-7(2,3)8(4)5/h8H,6H2,1-5H3/q+1. The Morgan fingerprint density at radius 3 is 1.62 bits per heavy atom. The first-order valence-electron chi connectivity index (χ1n) is 3.33. The van der Waals surface area contributed by atoms with E-state index in [1.165, 1.54) is 10.7 Å². The van der Waals surface area contributed by atoms with E-state index in [1.807, 2.05) is 0 Å². The summed E-state index contributed by atoms with van der Waals surface area (Å²) in [5.41, 5.74) is 0. The predicted molar refractivity (Wildman–Crippen MR) is 41.5 cm³/mol. The highest BCUT2D eigenvalue weighted by molar-refractivity contribution is 6.47. The van der Waals surface area contributed by atoms with Crippen molar-refractivity contribution < 1.29 is 4.15 Å². The molecule has 0 aliphatic heterocycles. The van der Waals surface area contributed by atoms with Crippen molar-refractivity contribution >= 4 is 8.96 Å². The molecule has 50 valence electrons. The van der Waals surface area contributed by atoms with Crippen LogP contribution in [0.3, 0.4) is 0 Å². The monoisotopic (exact) mass is 132 g/mol. The van der Waals surface area contributed by atoms with E-state index >= 15 is 0 Å². The third-order valence-corrected chi connectivity index (χ3v) is 5.37. The Balaban J connectivity index is 3.71. The SMILES string of the molecule is CC[N+](C)(C)[SiH](C)C. The maximum absolute atomic E-state index is 2.39. The highest BCUT2D eigenvalue weighted by Gasteiger charge is 2.17. The van der Waals surface area contributed by atoms with Crippen LogP contribution >= 0.6 is 0 Å². The van der Waals surface area contributed by atoms with Gasteiger partial charge in [0.2, 0.25) is 0 Å². The van der Waals surface area contributed by atoms with Gasteiger partial charge in [0.15, 0.2) is 0 Å². The first kappa shape index (κ1) is 8.18. The van der Waals surface area contributed by atoms with E-state index in [4.69, 9.17) is 0 Å². The van der Waals surface area contributed by atoms with E-state index < -0.39 is 8.96 Å². The van der Waals surface area contributed by atoms with Crippen molar-refractivity contribution in [3.8, 4) is 0 Å². The van der Waals surface area contributed by atoms with Gasteiger partial charge in [0.1, 0.15) is 0 Å². The molecule has 0 unspecified atom stereocenters. The summed E-state index contributed by atoms with van der Waals surface area (Å²) in [6, 6.07) is 0. The minimum Gasteiger partial charge on any atom is -0.391 e. The third-order valence-electron chi connectivity index (χ3n) is 2.21. The lowest BCUT2D eigenvalue weighted by Gasteiger charge is -2.32. The van der Waals surface area contributed by atoms with E-state index in [9.17, 15) is 0 Å². The lowest BCUT2D eigenvalue weighted by Crippen LogP contribution is -2.48. The summed E-state index contributed by atoms with van der Waals surface area (Å²) < 4.78 is 1.26. The topological polar surface area (TPSA) is 0 Å². The summed E-state index contributed by atoms with van der Waals surface area (Å²) in [5.74, 6) is 0. The number of hydrogen-bond acceptors (Lipinski definition) is 0. The Morgan fingerprint density at radius 2 is 1.62 bits per heavy atom. The number of rotatable bonds is 2. The van der Waals surface area contributed by atoms with Gasteiger partial charge in [-0.3, -0.25) is 0 Å². The van der Waals surface area contributed by atoms with E-state index in [0.29, 0.717) is 0 Å². The summed E-state index contributed by atoms with van der Waals surface area (Å²) in [7, 11) is 4.19. The van der Waals surface area contributed by atoms with Gasteiger partial charge < -0.3 is 4.15 Å². The quantitative estimate of drug-likeness (QED) is 0.493. The van der Waals surface area contributed by atoms with Crippen molar-refractivity contribution in [3.05, 3.63) is 0 Å². The van der Waals surface area contributed by atoms with Crippen LogP contribution in [0.15, 0.2) is 0 Å². The van der Waals surface area contributed by atoms with Crippen LogP contribution in [0.4, 0.5) is 0 Å². The van der Waals surface area contributed by atoms with Crippen LogP contribution in [-0.4, -0.2) is 33.7 Å². The Kier molecular flexibility index (Phi) is 2.70. The van der Waals surface area contributed by atoms with Crippen LogP contribution in [-0.2, 0) is 0 Å². The molecule has 1 nitrogen and oxygen atoms in total. The molecule has 0 aliphatic rings. The zero-order chi connectivity index (χ0) is 6.78. The molecule has 0 N–H and O–H groups in total. The summed E-state index contributed by atoms with van der Waals surface area (Å²) >= 11 is 0. The molecule has 0 aromatic carbocycles. The van der Waals surface area contributed by atoms with Crippen LogP contribution < -0.4 is 0 Å². The van der Waals surface area contributed by atoms with Gasteiger partial charge in [-0.2, -0.15) is 0 Å². The van der Waals surface area contributed by atoms with Crippen molar-refractivity contribution in [2.45, 2.75) is 20.0 Å². The van der Waals surface area contributed by atoms with Gasteiger partial charge >= 0.3 is 0 Å². The number of hydrogen-bond donors (Lipinski definition) is 0. The summed E-state index contributed by atoms with van der Waals surface area (Å²) in [5, 5.41) is 0. The zero-order valence-electron chi connectivity index (χ0n) is 6.73. The number of quaternary nitrogens is 1. The van der Waals surface area contributed by atoms with Gasteiger partial charge in [-0.25, -0.2) is 0 Å². The van der Waals surface area contributed by atoms with Crippen LogP contribution in [0.25, 0.3) is 0 Å². The average molecular weight is 132 g/mol. The molecular weight excluding hydrogens is 114 g/mol. The second-order valence-electron chi connectivity index (χ2n) is 3.19. The lowest BCUT2D eigenvalue weighted by molar-refractivity contribution is -0.782. The lowest BCUT2D eigenvalue weighted by atomic mass is 10.7. The minimum absolute atomic E-state index is 0.442.